The topological polar surface area (TPSA) is 26.3 Å². The Balaban J connectivity index is 2.61. The quantitative estimate of drug-likeness (QED) is 0.780. The average molecular weight is 211 g/mol. The van der Waals surface area contributed by atoms with E-state index in [-0.39, 0.29) is 0 Å². The number of methoxy groups -OCH3 is 1. The van der Waals surface area contributed by atoms with Gasteiger partial charge in [0.2, 0.25) is 6.29 Å². The molecule has 0 heterocycles. The van der Waals surface area contributed by atoms with E-state index in [1.54, 1.807) is 13.2 Å². The van der Waals surface area contributed by atoms with Crippen LogP contribution in [0.2, 0.25) is 0 Å². The Kier molecular flexibility index (Phi) is 3.01. The van der Waals surface area contributed by atoms with E-state index >= 15 is 0 Å². The Morgan fingerprint density at radius 2 is 1.75 bits per heavy atom. The van der Waals surface area contributed by atoms with Gasteiger partial charge in [0, 0.05) is 5.56 Å². The summed E-state index contributed by atoms with van der Waals surface area (Å²) in [7, 11) is 1.56. The zero-order valence-corrected chi connectivity index (χ0v) is 8.94. The van der Waals surface area contributed by atoms with E-state index in [1.807, 2.05) is 48.8 Å². The molecule has 0 bridgehead atoms. The van der Waals surface area contributed by atoms with Crippen LogP contribution in [0.5, 0.6) is 5.75 Å². The lowest BCUT2D eigenvalue weighted by molar-refractivity contribution is 0.414. The van der Waals surface area contributed by atoms with Gasteiger partial charge in [-0.15, -0.1) is 0 Å². The molecule has 0 aliphatic rings. The summed E-state index contributed by atoms with van der Waals surface area (Å²) in [5, 5.41) is 0. The summed E-state index contributed by atoms with van der Waals surface area (Å²) >= 11 is 0. The first-order valence-corrected chi connectivity index (χ1v) is 4.97. The SMILES string of the molecule is COc1c([C]=O)cccc1-c1ccccc1. The van der Waals surface area contributed by atoms with Crippen molar-refractivity contribution in [3.8, 4) is 16.9 Å². The first-order valence-electron chi connectivity index (χ1n) is 4.97. The summed E-state index contributed by atoms with van der Waals surface area (Å²) < 4.78 is 5.26. The molecule has 16 heavy (non-hydrogen) atoms. The number of hydrogen-bond donors (Lipinski definition) is 0. The van der Waals surface area contributed by atoms with Crippen LogP contribution < -0.4 is 4.74 Å². The van der Waals surface area contributed by atoms with Gasteiger partial charge in [0.1, 0.15) is 5.75 Å². The van der Waals surface area contributed by atoms with E-state index in [1.165, 1.54) is 0 Å². The van der Waals surface area contributed by atoms with Gasteiger partial charge in [-0.1, -0.05) is 42.5 Å². The summed E-state index contributed by atoms with van der Waals surface area (Å²) in [6.07, 6.45) is 1.88. The van der Waals surface area contributed by atoms with Crippen LogP contribution in [0.15, 0.2) is 48.5 Å². The standard InChI is InChI=1S/C14H11O2/c1-16-14-12(10-15)8-5-9-13(14)11-6-3-2-4-7-11/h2-9H,1H3. The van der Waals surface area contributed by atoms with E-state index < -0.39 is 0 Å². The summed E-state index contributed by atoms with van der Waals surface area (Å²) in [6.45, 7) is 0. The minimum Gasteiger partial charge on any atom is -0.495 e. The second kappa shape index (κ2) is 4.62. The number of para-hydroxylation sites is 1. The van der Waals surface area contributed by atoms with Crippen molar-refractivity contribution in [3.05, 3.63) is 54.1 Å². The molecule has 0 aromatic heterocycles. The van der Waals surface area contributed by atoms with Crippen LogP contribution in [0, 0.1) is 0 Å². The van der Waals surface area contributed by atoms with Gasteiger partial charge < -0.3 is 4.74 Å². The van der Waals surface area contributed by atoms with Crippen molar-refractivity contribution >= 4 is 6.29 Å². The lowest BCUT2D eigenvalue weighted by Gasteiger charge is -2.09. The molecule has 2 aromatic carbocycles. The van der Waals surface area contributed by atoms with Gasteiger partial charge in [0.25, 0.3) is 0 Å². The van der Waals surface area contributed by atoms with Crippen LogP contribution in [0.1, 0.15) is 5.56 Å². The molecule has 0 aliphatic carbocycles. The molecule has 0 amide bonds. The molecular weight excluding hydrogens is 200 g/mol. The normalized spacial score (nSPS) is 9.81. The van der Waals surface area contributed by atoms with Crippen LogP contribution in [0.3, 0.4) is 0 Å². The molecule has 0 saturated carbocycles. The Morgan fingerprint density at radius 1 is 1.00 bits per heavy atom. The second-order valence-electron chi connectivity index (χ2n) is 3.35. The smallest absolute Gasteiger partial charge is 0.237 e. The third kappa shape index (κ3) is 1.82. The van der Waals surface area contributed by atoms with Gasteiger partial charge in [0.05, 0.1) is 12.7 Å². The third-order valence-electron chi connectivity index (χ3n) is 2.41. The van der Waals surface area contributed by atoms with Gasteiger partial charge in [-0.2, -0.15) is 0 Å². The molecule has 2 aromatic rings. The third-order valence-corrected chi connectivity index (χ3v) is 2.41. The average Bonchev–Trinajstić information content (AvgIpc) is 2.38. The molecule has 0 spiro atoms. The summed E-state index contributed by atoms with van der Waals surface area (Å²) in [6, 6.07) is 15.3. The van der Waals surface area contributed by atoms with Crippen molar-refractivity contribution < 1.29 is 9.53 Å². The molecule has 0 unspecified atom stereocenters. The maximum Gasteiger partial charge on any atom is 0.237 e. The van der Waals surface area contributed by atoms with Crippen LogP contribution in [0.25, 0.3) is 11.1 Å². The van der Waals surface area contributed by atoms with Gasteiger partial charge >= 0.3 is 0 Å². The highest BCUT2D eigenvalue weighted by Crippen LogP contribution is 2.31. The lowest BCUT2D eigenvalue weighted by Crippen LogP contribution is -1.93. The highest BCUT2D eigenvalue weighted by Gasteiger charge is 2.09. The highest BCUT2D eigenvalue weighted by atomic mass is 16.5. The minimum atomic E-state index is 0.448. The Morgan fingerprint density at radius 3 is 2.38 bits per heavy atom. The van der Waals surface area contributed by atoms with Crippen LogP contribution in [-0.2, 0) is 4.79 Å². The first kappa shape index (κ1) is 10.4. The number of carbonyl (C=O) groups excluding carboxylic acids is 1. The van der Waals surface area contributed by atoms with Gasteiger partial charge in [-0.3, -0.25) is 4.79 Å². The second-order valence-corrected chi connectivity index (χ2v) is 3.35. The highest BCUT2D eigenvalue weighted by molar-refractivity contribution is 5.86. The van der Waals surface area contributed by atoms with Gasteiger partial charge in [-0.05, 0) is 11.6 Å². The molecular formula is C14H11O2. The van der Waals surface area contributed by atoms with Crippen LogP contribution >= 0.6 is 0 Å². The molecule has 79 valence electrons. The van der Waals surface area contributed by atoms with E-state index in [2.05, 4.69) is 0 Å². The van der Waals surface area contributed by atoms with Crippen LogP contribution in [0.4, 0.5) is 0 Å². The summed E-state index contributed by atoms with van der Waals surface area (Å²) in [5.41, 5.74) is 2.38. The molecule has 0 saturated heterocycles. The van der Waals surface area contributed by atoms with Crippen molar-refractivity contribution in [1.82, 2.24) is 0 Å². The number of ether oxygens (including phenoxy) is 1. The lowest BCUT2D eigenvalue weighted by atomic mass is 10.0. The molecule has 0 fully saturated rings. The predicted molar refractivity (Wildman–Crippen MR) is 63.2 cm³/mol. The Labute approximate surface area is 94.5 Å². The zero-order valence-electron chi connectivity index (χ0n) is 8.94. The van der Waals surface area contributed by atoms with E-state index in [0.717, 1.165) is 11.1 Å². The van der Waals surface area contributed by atoms with E-state index in [0.29, 0.717) is 11.3 Å². The maximum atomic E-state index is 10.8. The molecule has 2 nitrogen and oxygen atoms in total. The van der Waals surface area contributed by atoms with Crippen molar-refractivity contribution in [2.45, 2.75) is 0 Å². The Hall–Kier alpha value is -2.09. The fraction of sp³-hybridized carbons (Fsp3) is 0.0714. The molecule has 2 heteroatoms. The number of rotatable bonds is 3. The molecule has 0 atom stereocenters. The Bertz CT molecular complexity index is 489. The predicted octanol–water partition coefficient (Wildman–Crippen LogP) is 2.82. The van der Waals surface area contributed by atoms with Gasteiger partial charge in [-0.25, -0.2) is 0 Å². The van der Waals surface area contributed by atoms with Crippen molar-refractivity contribution in [1.29, 1.82) is 0 Å². The monoisotopic (exact) mass is 211 g/mol. The van der Waals surface area contributed by atoms with E-state index in [9.17, 15) is 4.79 Å². The summed E-state index contributed by atoms with van der Waals surface area (Å²) in [5.74, 6) is 0.573. The van der Waals surface area contributed by atoms with Gasteiger partial charge in [0.15, 0.2) is 0 Å². The fourth-order valence-electron chi connectivity index (χ4n) is 1.68. The molecule has 0 aliphatic heterocycles. The molecule has 2 rings (SSSR count). The largest absolute Gasteiger partial charge is 0.495 e. The molecule has 1 radical (unpaired) electrons. The van der Waals surface area contributed by atoms with Crippen molar-refractivity contribution in [3.63, 3.8) is 0 Å². The van der Waals surface area contributed by atoms with Crippen molar-refractivity contribution in [2.75, 3.05) is 7.11 Å². The molecule has 0 N–H and O–H groups in total. The minimum absolute atomic E-state index is 0.448. The first-order chi connectivity index (χ1) is 7.86. The van der Waals surface area contributed by atoms with Crippen molar-refractivity contribution in [2.24, 2.45) is 0 Å². The summed E-state index contributed by atoms with van der Waals surface area (Å²) in [4.78, 5) is 10.8. The van der Waals surface area contributed by atoms with E-state index in [4.69, 9.17) is 4.74 Å². The maximum absolute atomic E-state index is 10.8. The van der Waals surface area contributed by atoms with Crippen LogP contribution in [-0.4, -0.2) is 13.4 Å². The number of benzene rings is 2. The fourth-order valence-corrected chi connectivity index (χ4v) is 1.68. The zero-order chi connectivity index (χ0) is 11.4. The number of hydrogen-bond acceptors (Lipinski definition) is 2.